The molecule has 3 heterocycles. The second-order valence-corrected chi connectivity index (χ2v) is 9.36. The Labute approximate surface area is 200 Å². The van der Waals surface area contributed by atoms with Gasteiger partial charge in [-0.25, -0.2) is 0 Å². The highest BCUT2D eigenvalue weighted by Gasteiger charge is 2.33. The number of aliphatic imine (C=N–C) groups is 1. The van der Waals surface area contributed by atoms with Gasteiger partial charge < -0.3 is 15.5 Å². The molecule has 2 aromatic carbocycles. The van der Waals surface area contributed by atoms with Crippen LogP contribution >= 0.6 is 11.8 Å². The van der Waals surface area contributed by atoms with Crippen LogP contribution < -0.4 is 10.6 Å². The number of hydrogen-bond donors (Lipinski definition) is 2. The third-order valence-corrected chi connectivity index (χ3v) is 7.01. The highest BCUT2D eigenvalue weighted by molar-refractivity contribution is 8.15. The fourth-order valence-electron chi connectivity index (χ4n) is 4.05. The van der Waals surface area contributed by atoms with Crippen molar-refractivity contribution in [2.24, 2.45) is 4.99 Å². The summed E-state index contributed by atoms with van der Waals surface area (Å²) < 4.78 is 0. The molecule has 1 aromatic heterocycles. The van der Waals surface area contributed by atoms with Gasteiger partial charge in [-0.2, -0.15) is 4.99 Å². The lowest BCUT2D eigenvalue weighted by atomic mass is 10.1. The van der Waals surface area contributed by atoms with Crippen molar-refractivity contribution >= 4 is 56.9 Å². The van der Waals surface area contributed by atoms with E-state index < -0.39 is 5.25 Å². The molecule has 9 heteroatoms. The summed E-state index contributed by atoms with van der Waals surface area (Å²) >= 11 is 1.37. The van der Waals surface area contributed by atoms with E-state index in [1.165, 1.54) is 11.8 Å². The molecule has 0 aliphatic carbocycles. The maximum Gasteiger partial charge on any atom is 0.262 e. The molecule has 8 nitrogen and oxygen atoms in total. The molecule has 1 atom stereocenters. The van der Waals surface area contributed by atoms with Crippen LogP contribution in [0.15, 0.2) is 65.8 Å². The summed E-state index contributed by atoms with van der Waals surface area (Å²) in [6.45, 7) is 1.82. The minimum Gasteiger partial charge on any atom is -0.351 e. The molecule has 0 unspecified atom stereocenters. The van der Waals surface area contributed by atoms with Gasteiger partial charge in [0.25, 0.3) is 11.8 Å². The van der Waals surface area contributed by atoms with E-state index in [-0.39, 0.29) is 24.1 Å². The molecule has 172 valence electrons. The summed E-state index contributed by atoms with van der Waals surface area (Å²) in [5.41, 5.74) is 2.51. The molecule has 2 aliphatic heterocycles. The Morgan fingerprint density at radius 3 is 2.59 bits per heavy atom. The average molecular weight is 474 g/mol. The minimum absolute atomic E-state index is 0.0572. The van der Waals surface area contributed by atoms with Gasteiger partial charge in [0.15, 0.2) is 5.17 Å². The van der Waals surface area contributed by atoms with Crippen LogP contribution in [0, 0.1) is 0 Å². The average Bonchev–Trinajstić information content (AvgIpc) is 3.50. The lowest BCUT2D eigenvalue weighted by Crippen LogP contribution is -2.25. The van der Waals surface area contributed by atoms with Gasteiger partial charge in [-0.15, -0.1) is 0 Å². The fourth-order valence-corrected chi connectivity index (χ4v) is 5.16. The summed E-state index contributed by atoms with van der Waals surface area (Å²) in [4.78, 5) is 48.0. The second kappa shape index (κ2) is 9.64. The van der Waals surface area contributed by atoms with Crippen LogP contribution in [0.2, 0.25) is 0 Å². The van der Waals surface area contributed by atoms with E-state index >= 15 is 0 Å². The Balaban J connectivity index is 1.17. The number of hydrogen-bond acceptors (Lipinski definition) is 6. The van der Waals surface area contributed by atoms with Crippen molar-refractivity contribution in [3.8, 4) is 0 Å². The van der Waals surface area contributed by atoms with E-state index in [1.807, 2.05) is 30.3 Å². The predicted octanol–water partition coefficient (Wildman–Crippen LogP) is 3.91. The zero-order chi connectivity index (χ0) is 23.5. The number of carbonyl (C=O) groups is 3. The number of benzene rings is 2. The van der Waals surface area contributed by atoms with Gasteiger partial charge in [0.1, 0.15) is 5.25 Å². The topological polar surface area (TPSA) is 104 Å². The number of thioether (sulfide) groups is 1. The van der Waals surface area contributed by atoms with Crippen molar-refractivity contribution in [2.45, 2.75) is 24.5 Å². The molecule has 0 saturated carbocycles. The first-order valence-electron chi connectivity index (χ1n) is 11.2. The Morgan fingerprint density at radius 1 is 1.00 bits per heavy atom. The number of nitrogens with one attached hydrogen (secondary N) is 2. The smallest absolute Gasteiger partial charge is 0.262 e. The van der Waals surface area contributed by atoms with Crippen molar-refractivity contribution in [1.29, 1.82) is 0 Å². The van der Waals surface area contributed by atoms with Crippen LogP contribution in [-0.2, 0) is 9.59 Å². The number of pyridine rings is 1. The Kier molecular flexibility index (Phi) is 6.27. The van der Waals surface area contributed by atoms with Crippen LogP contribution in [0.25, 0.3) is 10.9 Å². The van der Waals surface area contributed by atoms with Crippen LogP contribution in [0.4, 0.5) is 11.4 Å². The Morgan fingerprint density at radius 2 is 1.79 bits per heavy atom. The van der Waals surface area contributed by atoms with Crippen molar-refractivity contribution < 1.29 is 14.4 Å². The molecule has 0 bridgehead atoms. The minimum atomic E-state index is -0.490. The SMILES string of the molecule is O=C(C[C@@H]1SC(N2CCCC2)=NC1=O)Nc1ccc(C(=O)Nc2cccc3ncccc23)cc1. The van der Waals surface area contributed by atoms with Crippen LogP contribution in [0.3, 0.4) is 0 Å². The summed E-state index contributed by atoms with van der Waals surface area (Å²) in [5, 5.41) is 6.83. The van der Waals surface area contributed by atoms with E-state index in [0.29, 0.717) is 16.9 Å². The number of fused-ring (bicyclic) bond motifs is 1. The zero-order valence-electron chi connectivity index (χ0n) is 18.4. The second-order valence-electron chi connectivity index (χ2n) is 8.19. The number of anilines is 2. The third kappa shape index (κ3) is 4.79. The third-order valence-electron chi connectivity index (χ3n) is 5.80. The van der Waals surface area contributed by atoms with Crippen LogP contribution in [0.1, 0.15) is 29.6 Å². The van der Waals surface area contributed by atoms with Crippen LogP contribution in [0.5, 0.6) is 0 Å². The van der Waals surface area contributed by atoms with E-state index in [9.17, 15) is 14.4 Å². The molecule has 2 N–H and O–H groups in total. The lowest BCUT2D eigenvalue weighted by molar-refractivity contribution is -0.121. The van der Waals surface area contributed by atoms with Gasteiger partial charge >= 0.3 is 0 Å². The molecular weight excluding hydrogens is 450 g/mol. The first-order chi connectivity index (χ1) is 16.6. The lowest BCUT2D eigenvalue weighted by Gasteiger charge is -2.16. The van der Waals surface area contributed by atoms with Crippen molar-refractivity contribution in [2.75, 3.05) is 23.7 Å². The van der Waals surface area contributed by atoms with Gasteiger partial charge in [-0.3, -0.25) is 19.4 Å². The summed E-state index contributed by atoms with van der Waals surface area (Å²) in [6, 6.07) is 15.9. The van der Waals surface area contributed by atoms with E-state index in [2.05, 4.69) is 25.5 Å². The van der Waals surface area contributed by atoms with Crippen molar-refractivity contribution in [1.82, 2.24) is 9.88 Å². The highest BCUT2D eigenvalue weighted by Crippen LogP contribution is 2.29. The van der Waals surface area contributed by atoms with Gasteiger partial charge in [-0.1, -0.05) is 17.8 Å². The van der Waals surface area contributed by atoms with Crippen molar-refractivity contribution in [3.05, 3.63) is 66.4 Å². The zero-order valence-corrected chi connectivity index (χ0v) is 19.2. The highest BCUT2D eigenvalue weighted by atomic mass is 32.2. The molecular formula is C25H23N5O3S. The van der Waals surface area contributed by atoms with Crippen molar-refractivity contribution in [3.63, 3.8) is 0 Å². The molecule has 5 rings (SSSR count). The molecule has 3 aromatic rings. The quantitative estimate of drug-likeness (QED) is 0.582. The van der Waals surface area contributed by atoms with Gasteiger partial charge in [-0.05, 0) is 61.4 Å². The molecule has 0 radical (unpaired) electrons. The normalized spacial score (nSPS) is 17.6. The van der Waals surface area contributed by atoms with Gasteiger partial charge in [0.05, 0.1) is 11.2 Å². The summed E-state index contributed by atoms with van der Waals surface area (Å²) in [7, 11) is 0. The first kappa shape index (κ1) is 22.1. The molecule has 0 spiro atoms. The van der Waals surface area contributed by atoms with Gasteiger partial charge in [0, 0.05) is 42.3 Å². The number of nitrogens with zero attached hydrogens (tertiary/aromatic N) is 3. The summed E-state index contributed by atoms with van der Waals surface area (Å²) in [5.74, 6) is -0.768. The van der Waals surface area contributed by atoms with Gasteiger partial charge in [0.2, 0.25) is 5.91 Å². The van der Waals surface area contributed by atoms with Crippen LogP contribution in [-0.4, -0.2) is 51.1 Å². The number of carbonyl (C=O) groups excluding carboxylic acids is 3. The molecule has 2 aliphatic rings. The van der Waals surface area contributed by atoms with E-state index in [1.54, 1.807) is 30.5 Å². The summed E-state index contributed by atoms with van der Waals surface area (Å²) in [6.07, 6.45) is 3.97. The number of rotatable bonds is 5. The molecule has 1 saturated heterocycles. The monoisotopic (exact) mass is 473 g/mol. The Bertz CT molecular complexity index is 1280. The fraction of sp³-hybridized carbons (Fsp3) is 0.240. The largest absolute Gasteiger partial charge is 0.351 e. The number of likely N-dealkylation sites (tertiary alicyclic amines) is 1. The maximum absolute atomic E-state index is 12.7. The standard InChI is InChI=1S/C25H23N5O3S/c31-22(15-21-24(33)29-25(34-21)30-13-1-2-14-30)27-17-10-8-16(9-11-17)23(32)28-20-7-3-6-19-18(20)5-4-12-26-19/h3-12,21H,1-2,13-15H2,(H,27,31)(H,28,32)/t21-/m0/s1. The molecule has 1 fully saturated rings. The molecule has 3 amide bonds. The molecule has 34 heavy (non-hydrogen) atoms. The first-order valence-corrected chi connectivity index (χ1v) is 12.0. The number of aromatic nitrogens is 1. The van der Waals surface area contributed by atoms with E-state index in [4.69, 9.17) is 0 Å². The van der Waals surface area contributed by atoms with E-state index in [0.717, 1.165) is 42.0 Å². The number of amidine groups is 1. The predicted molar refractivity (Wildman–Crippen MR) is 134 cm³/mol. The Hall–Kier alpha value is -3.72. The number of amides is 3. The maximum atomic E-state index is 12.7.